The standard InChI is InChI=1S/C17H23ClN2O3/c1-19-17(22)11-6-3-4-8-14(11)20-16(21)10-12-13(18)7-5-9-15(12)23-2/h5,7,9,11,14H,3-4,6,8,10H2,1-2H3,(H,19,22)(H,20,21)/t11-,14-/m0/s1. The number of halogens is 1. The average molecular weight is 339 g/mol. The minimum Gasteiger partial charge on any atom is -0.496 e. The molecule has 23 heavy (non-hydrogen) atoms. The number of ether oxygens (including phenoxy) is 1. The largest absolute Gasteiger partial charge is 0.496 e. The van der Waals surface area contributed by atoms with E-state index in [0.29, 0.717) is 16.3 Å². The van der Waals surface area contributed by atoms with Crippen LogP contribution in [0.25, 0.3) is 0 Å². The Kier molecular flexibility index (Phi) is 6.28. The summed E-state index contributed by atoms with van der Waals surface area (Å²) in [6.07, 6.45) is 3.81. The second-order valence-corrected chi connectivity index (χ2v) is 6.18. The zero-order valence-corrected chi connectivity index (χ0v) is 14.3. The van der Waals surface area contributed by atoms with Gasteiger partial charge >= 0.3 is 0 Å². The van der Waals surface area contributed by atoms with Gasteiger partial charge in [0.2, 0.25) is 11.8 Å². The monoisotopic (exact) mass is 338 g/mol. The van der Waals surface area contributed by atoms with E-state index in [4.69, 9.17) is 16.3 Å². The molecule has 0 spiro atoms. The molecule has 1 aromatic carbocycles. The summed E-state index contributed by atoms with van der Waals surface area (Å²) in [5.74, 6) is 0.285. The lowest BCUT2D eigenvalue weighted by molar-refractivity contribution is -0.127. The van der Waals surface area contributed by atoms with Gasteiger partial charge in [0.25, 0.3) is 0 Å². The molecule has 2 N–H and O–H groups in total. The fourth-order valence-corrected chi connectivity index (χ4v) is 3.36. The van der Waals surface area contributed by atoms with Crippen molar-refractivity contribution in [2.45, 2.75) is 38.1 Å². The summed E-state index contributed by atoms with van der Waals surface area (Å²) in [7, 11) is 3.18. The highest BCUT2D eigenvalue weighted by molar-refractivity contribution is 6.31. The Morgan fingerprint density at radius 1 is 1.30 bits per heavy atom. The van der Waals surface area contributed by atoms with Crippen molar-refractivity contribution in [3.63, 3.8) is 0 Å². The molecule has 2 atom stereocenters. The van der Waals surface area contributed by atoms with Crippen LogP contribution in [0.5, 0.6) is 5.75 Å². The van der Waals surface area contributed by atoms with Crippen LogP contribution in [0.3, 0.4) is 0 Å². The SMILES string of the molecule is CNC(=O)[C@H]1CCCC[C@@H]1NC(=O)Cc1c(Cl)cccc1OC. The molecule has 2 rings (SSSR count). The Hall–Kier alpha value is -1.75. The molecule has 0 radical (unpaired) electrons. The molecule has 1 saturated carbocycles. The summed E-state index contributed by atoms with van der Waals surface area (Å²) in [6, 6.07) is 5.18. The molecule has 0 heterocycles. The van der Waals surface area contributed by atoms with Crippen molar-refractivity contribution in [1.82, 2.24) is 10.6 Å². The molecule has 1 aromatic rings. The van der Waals surface area contributed by atoms with Crippen LogP contribution >= 0.6 is 11.6 Å². The third kappa shape index (κ3) is 4.38. The molecule has 0 unspecified atom stereocenters. The van der Waals surface area contributed by atoms with Crippen LogP contribution in [-0.2, 0) is 16.0 Å². The molecule has 0 saturated heterocycles. The summed E-state index contributed by atoms with van der Waals surface area (Å²) in [4.78, 5) is 24.4. The molecule has 5 nitrogen and oxygen atoms in total. The zero-order valence-electron chi connectivity index (χ0n) is 13.5. The van der Waals surface area contributed by atoms with E-state index in [0.717, 1.165) is 25.7 Å². The highest BCUT2D eigenvalue weighted by Gasteiger charge is 2.31. The van der Waals surface area contributed by atoms with Crippen LogP contribution in [0.15, 0.2) is 18.2 Å². The van der Waals surface area contributed by atoms with E-state index in [-0.39, 0.29) is 30.2 Å². The van der Waals surface area contributed by atoms with Crippen LogP contribution in [0, 0.1) is 5.92 Å². The predicted molar refractivity (Wildman–Crippen MR) is 89.7 cm³/mol. The van der Waals surface area contributed by atoms with Crippen LogP contribution in [0.1, 0.15) is 31.2 Å². The molecular formula is C17H23ClN2O3. The Bertz CT molecular complexity index is 577. The van der Waals surface area contributed by atoms with Gasteiger partial charge in [0.15, 0.2) is 0 Å². The van der Waals surface area contributed by atoms with Gasteiger partial charge in [-0.2, -0.15) is 0 Å². The van der Waals surface area contributed by atoms with Gasteiger partial charge in [-0.15, -0.1) is 0 Å². The quantitative estimate of drug-likeness (QED) is 0.865. The summed E-state index contributed by atoms with van der Waals surface area (Å²) in [5, 5.41) is 6.19. The average Bonchev–Trinajstić information content (AvgIpc) is 2.56. The number of hydrogen-bond acceptors (Lipinski definition) is 3. The lowest BCUT2D eigenvalue weighted by Crippen LogP contribution is -2.48. The van der Waals surface area contributed by atoms with Gasteiger partial charge < -0.3 is 15.4 Å². The highest BCUT2D eigenvalue weighted by Crippen LogP contribution is 2.28. The van der Waals surface area contributed by atoms with E-state index in [1.807, 2.05) is 0 Å². The first-order chi connectivity index (χ1) is 11.1. The molecule has 126 valence electrons. The smallest absolute Gasteiger partial charge is 0.224 e. The molecule has 0 aromatic heterocycles. The minimum absolute atomic E-state index is 0.00896. The van der Waals surface area contributed by atoms with Crippen molar-refractivity contribution in [2.75, 3.05) is 14.2 Å². The van der Waals surface area contributed by atoms with E-state index in [1.54, 1.807) is 32.4 Å². The molecule has 0 bridgehead atoms. The van der Waals surface area contributed by atoms with Crippen LogP contribution < -0.4 is 15.4 Å². The zero-order chi connectivity index (χ0) is 16.8. The van der Waals surface area contributed by atoms with Gasteiger partial charge in [-0.05, 0) is 25.0 Å². The first-order valence-electron chi connectivity index (χ1n) is 7.89. The molecule has 1 aliphatic rings. The maximum atomic E-state index is 12.4. The summed E-state index contributed by atoms with van der Waals surface area (Å²) >= 11 is 6.17. The Labute approximate surface area is 141 Å². The number of methoxy groups -OCH3 is 1. The number of carbonyl (C=O) groups is 2. The van der Waals surface area contributed by atoms with Crippen molar-refractivity contribution in [1.29, 1.82) is 0 Å². The Balaban J connectivity index is 2.05. The van der Waals surface area contributed by atoms with Crippen molar-refractivity contribution in [3.05, 3.63) is 28.8 Å². The van der Waals surface area contributed by atoms with Gasteiger partial charge in [-0.1, -0.05) is 30.5 Å². The second-order valence-electron chi connectivity index (χ2n) is 5.78. The lowest BCUT2D eigenvalue weighted by Gasteiger charge is -2.31. The lowest BCUT2D eigenvalue weighted by atomic mass is 9.83. The molecule has 1 fully saturated rings. The molecule has 1 aliphatic carbocycles. The minimum atomic E-state index is -0.161. The topological polar surface area (TPSA) is 67.4 Å². The van der Waals surface area contributed by atoms with E-state index < -0.39 is 0 Å². The first kappa shape index (κ1) is 17.6. The molecular weight excluding hydrogens is 316 g/mol. The summed E-state index contributed by atoms with van der Waals surface area (Å²) < 4.78 is 5.27. The number of nitrogens with one attached hydrogen (secondary N) is 2. The van der Waals surface area contributed by atoms with Crippen molar-refractivity contribution in [2.24, 2.45) is 5.92 Å². The number of benzene rings is 1. The highest BCUT2D eigenvalue weighted by atomic mass is 35.5. The van der Waals surface area contributed by atoms with Gasteiger partial charge in [-0.25, -0.2) is 0 Å². The third-order valence-corrected chi connectivity index (χ3v) is 4.68. The van der Waals surface area contributed by atoms with E-state index in [1.165, 1.54) is 0 Å². The Morgan fingerprint density at radius 3 is 2.74 bits per heavy atom. The second kappa shape index (κ2) is 8.20. The number of rotatable bonds is 5. The fourth-order valence-electron chi connectivity index (χ4n) is 3.12. The van der Waals surface area contributed by atoms with E-state index in [2.05, 4.69) is 10.6 Å². The predicted octanol–water partition coefficient (Wildman–Crippen LogP) is 2.31. The third-order valence-electron chi connectivity index (χ3n) is 4.33. The van der Waals surface area contributed by atoms with Crippen LogP contribution in [0.4, 0.5) is 0 Å². The number of carbonyl (C=O) groups excluding carboxylic acids is 2. The maximum absolute atomic E-state index is 12.4. The molecule has 6 heteroatoms. The Morgan fingerprint density at radius 2 is 2.04 bits per heavy atom. The van der Waals surface area contributed by atoms with Crippen molar-refractivity contribution >= 4 is 23.4 Å². The van der Waals surface area contributed by atoms with Crippen molar-refractivity contribution < 1.29 is 14.3 Å². The van der Waals surface area contributed by atoms with Gasteiger partial charge in [-0.3, -0.25) is 9.59 Å². The normalized spacial score (nSPS) is 20.7. The van der Waals surface area contributed by atoms with Gasteiger partial charge in [0.05, 0.1) is 19.4 Å². The van der Waals surface area contributed by atoms with Crippen LogP contribution in [-0.4, -0.2) is 32.0 Å². The summed E-state index contributed by atoms with van der Waals surface area (Å²) in [6.45, 7) is 0. The van der Waals surface area contributed by atoms with Crippen LogP contribution in [0.2, 0.25) is 5.02 Å². The first-order valence-corrected chi connectivity index (χ1v) is 8.27. The fraction of sp³-hybridized carbons (Fsp3) is 0.529. The van der Waals surface area contributed by atoms with Gasteiger partial charge in [0.1, 0.15) is 5.75 Å². The number of hydrogen-bond donors (Lipinski definition) is 2. The molecule has 2 amide bonds. The van der Waals surface area contributed by atoms with Crippen molar-refractivity contribution in [3.8, 4) is 5.75 Å². The number of amides is 2. The maximum Gasteiger partial charge on any atom is 0.224 e. The molecule has 0 aliphatic heterocycles. The van der Waals surface area contributed by atoms with E-state index in [9.17, 15) is 9.59 Å². The van der Waals surface area contributed by atoms with Gasteiger partial charge in [0, 0.05) is 23.7 Å². The van der Waals surface area contributed by atoms with E-state index >= 15 is 0 Å². The summed E-state index contributed by atoms with van der Waals surface area (Å²) in [5.41, 5.74) is 0.668.